The van der Waals surface area contributed by atoms with E-state index in [4.69, 9.17) is 25.5 Å². The average Bonchev–Trinajstić information content (AvgIpc) is 3.26. The number of furan rings is 1. The zero-order valence-corrected chi connectivity index (χ0v) is 16.6. The lowest BCUT2D eigenvalue weighted by molar-refractivity contribution is -0.157. The molecule has 154 valence electrons. The van der Waals surface area contributed by atoms with Crippen LogP contribution in [0.15, 0.2) is 47.1 Å². The third-order valence-electron chi connectivity index (χ3n) is 4.43. The molecule has 0 bridgehead atoms. The highest BCUT2D eigenvalue weighted by molar-refractivity contribution is 6.30. The number of benzene rings is 1. The van der Waals surface area contributed by atoms with Gasteiger partial charge in [-0.05, 0) is 37.3 Å². The molecule has 1 aliphatic rings. The number of ether oxygens (including phenoxy) is 2. The zero-order valence-electron chi connectivity index (χ0n) is 15.9. The van der Waals surface area contributed by atoms with Gasteiger partial charge in [0.1, 0.15) is 5.75 Å². The Morgan fingerprint density at radius 2 is 1.83 bits per heavy atom. The fraction of sp³-hybridized carbons (Fsp3) is 0.350. The van der Waals surface area contributed by atoms with Crippen LogP contribution in [0.2, 0.25) is 5.02 Å². The molecule has 1 fully saturated rings. The van der Waals surface area contributed by atoms with E-state index in [1.165, 1.54) is 13.2 Å². The normalized spacial score (nSPS) is 15.0. The van der Waals surface area contributed by atoms with Gasteiger partial charge in [0, 0.05) is 31.2 Å². The summed E-state index contributed by atoms with van der Waals surface area (Å²) in [5.74, 6) is -0.470. The van der Waals surface area contributed by atoms with E-state index in [-0.39, 0.29) is 24.2 Å². The van der Waals surface area contributed by atoms with E-state index < -0.39 is 12.1 Å². The molecule has 8 nitrogen and oxygen atoms in total. The van der Waals surface area contributed by atoms with E-state index in [0.29, 0.717) is 37.0 Å². The average molecular weight is 421 g/mol. The molecule has 29 heavy (non-hydrogen) atoms. The molecule has 1 aromatic heterocycles. The van der Waals surface area contributed by atoms with Crippen molar-refractivity contribution in [1.29, 1.82) is 0 Å². The number of piperazine rings is 1. The van der Waals surface area contributed by atoms with Crippen LogP contribution in [0.4, 0.5) is 0 Å². The largest absolute Gasteiger partial charge is 0.479 e. The fourth-order valence-electron chi connectivity index (χ4n) is 2.85. The van der Waals surface area contributed by atoms with Crippen molar-refractivity contribution in [3.05, 3.63) is 53.4 Å². The number of carbonyl (C=O) groups excluding carboxylic acids is 3. The molecule has 1 atom stereocenters. The molecule has 0 saturated carbocycles. The second-order valence-corrected chi connectivity index (χ2v) is 6.91. The van der Waals surface area contributed by atoms with Crippen LogP contribution in [0, 0.1) is 0 Å². The molecule has 1 aliphatic heterocycles. The predicted octanol–water partition coefficient (Wildman–Crippen LogP) is 2.23. The first-order chi connectivity index (χ1) is 13.9. The smallest absolute Gasteiger partial charge is 0.347 e. The van der Waals surface area contributed by atoms with E-state index in [9.17, 15) is 14.4 Å². The van der Waals surface area contributed by atoms with Crippen molar-refractivity contribution < 1.29 is 28.3 Å². The Hall–Kier alpha value is -3.00. The highest BCUT2D eigenvalue weighted by Gasteiger charge is 2.27. The molecular weight excluding hydrogens is 400 g/mol. The van der Waals surface area contributed by atoms with E-state index in [1.54, 1.807) is 46.2 Å². The molecule has 9 heteroatoms. The summed E-state index contributed by atoms with van der Waals surface area (Å²) >= 11 is 5.88. The molecule has 0 spiro atoms. The summed E-state index contributed by atoms with van der Waals surface area (Å²) in [6.07, 6.45) is 0.558. The summed E-state index contributed by atoms with van der Waals surface area (Å²) in [5, 5.41) is 0.489. The van der Waals surface area contributed by atoms with Crippen molar-refractivity contribution in [2.24, 2.45) is 0 Å². The zero-order chi connectivity index (χ0) is 20.8. The third-order valence-corrected chi connectivity index (χ3v) is 4.67. The minimum absolute atomic E-state index is 0.208. The molecule has 1 saturated heterocycles. The Morgan fingerprint density at radius 1 is 1.10 bits per heavy atom. The van der Waals surface area contributed by atoms with Crippen molar-refractivity contribution in [3.8, 4) is 5.75 Å². The maximum atomic E-state index is 12.3. The number of esters is 1. The Kier molecular flexibility index (Phi) is 6.77. The fourth-order valence-corrected chi connectivity index (χ4v) is 3.03. The van der Waals surface area contributed by atoms with Crippen LogP contribution in [-0.2, 0) is 14.3 Å². The predicted molar refractivity (Wildman–Crippen MR) is 104 cm³/mol. The van der Waals surface area contributed by atoms with Gasteiger partial charge in [0.25, 0.3) is 11.8 Å². The molecule has 3 rings (SSSR count). The van der Waals surface area contributed by atoms with Gasteiger partial charge in [-0.15, -0.1) is 0 Å². The Bertz CT molecular complexity index is 862. The van der Waals surface area contributed by atoms with Gasteiger partial charge < -0.3 is 23.7 Å². The number of carbonyl (C=O) groups is 3. The van der Waals surface area contributed by atoms with Gasteiger partial charge in [-0.25, -0.2) is 4.79 Å². The third kappa shape index (κ3) is 5.51. The van der Waals surface area contributed by atoms with Gasteiger partial charge in [-0.2, -0.15) is 0 Å². The standard InChI is InChI=1S/C20H21ClN2O6/c1-14(29-16-5-2-4-15(21)12-16)20(26)28-13-18(24)22-7-9-23(10-8-22)19(25)17-6-3-11-27-17/h2-6,11-12,14H,7-10,13H2,1H3. The first-order valence-electron chi connectivity index (χ1n) is 9.13. The van der Waals surface area contributed by atoms with Crippen LogP contribution in [-0.4, -0.2) is 66.5 Å². The second kappa shape index (κ2) is 9.47. The number of amides is 2. The Labute approximate surface area is 172 Å². The van der Waals surface area contributed by atoms with Crippen LogP contribution in [0.1, 0.15) is 17.5 Å². The quantitative estimate of drug-likeness (QED) is 0.666. The monoisotopic (exact) mass is 420 g/mol. The maximum Gasteiger partial charge on any atom is 0.347 e. The number of hydrogen-bond acceptors (Lipinski definition) is 6. The van der Waals surface area contributed by atoms with Gasteiger partial charge in [0.15, 0.2) is 18.5 Å². The lowest BCUT2D eigenvalue weighted by Gasteiger charge is -2.34. The van der Waals surface area contributed by atoms with Gasteiger partial charge in [-0.1, -0.05) is 17.7 Å². The Morgan fingerprint density at radius 3 is 2.48 bits per heavy atom. The summed E-state index contributed by atoms with van der Waals surface area (Å²) in [7, 11) is 0. The number of halogens is 1. The molecule has 0 N–H and O–H groups in total. The molecular formula is C20H21ClN2O6. The van der Waals surface area contributed by atoms with Gasteiger partial charge in [0.2, 0.25) is 0 Å². The summed E-state index contributed by atoms with van der Waals surface area (Å²) in [4.78, 5) is 39.8. The summed E-state index contributed by atoms with van der Waals surface area (Å²) in [6, 6.07) is 9.90. The molecule has 2 heterocycles. The van der Waals surface area contributed by atoms with Crippen LogP contribution >= 0.6 is 11.6 Å². The Balaban J connectivity index is 1.41. The minimum Gasteiger partial charge on any atom is -0.479 e. The van der Waals surface area contributed by atoms with Crippen molar-refractivity contribution in [2.75, 3.05) is 32.8 Å². The van der Waals surface area contributed by atoms with Crippen molar-refractivity contribution in [3.63, 3.8) is 0 Å². The van der Waals surface area contributed by atoms with Gasteiger partial charge in [-0.3, -0.25) is 9.59 Å². The lowest BCUT2D eigenvalue weighted by atomic mass is 10.3. The highest BCUT2D eigenvalue weighted by Crippen LogP contribution is 2.18. The highest BCUT2D eigenvalue weighted by atomic mass is 35.5. The first-order valence-corrected chi connectivity index (χ1v) is 9.51. The molecule has 0 radical (unpaired) electrons. The van der Waals surface area contributed by atoms with Crippen molar-refractivity contribution in [1.82, 2.24) is 9.80 Å². The molecule has 2 amide bonds. The van der Waals surface area contributed by atoms with Crippen LogP contribution in [0.25, 0.3) is 0 Å². The molecule has 0 aliphatic carbocycles. The first kappa shape index (κ1) is 20.7. The van der Waals surface area contributed by atoms with E-state index in [1.807, 2.05) is 0 Å². The number of hydrogen-bond donors (Lipinski definition) is 0. The summed E-state index contributed by atoms with van der Waals surface area (Å²) < 4.78 is 15.7. The lowest BCUT2D eigenvalue weighted by Crippen LogP contribution is -2.51. The number of rotatable bonds is 6. The SMILES string of the molecule is CC(Oc1cccc(Cl)c1)C(=O)OCC(=O)N1CCN(C(=O)c2ccco2)CC1. The summed E-state index contributed by atoms with van der Waals surface area (Å²) in [5.41, 5.74) is 0. The van der Waals surface area contributed by atoms with E-state index >= 15 is 0 Å². The molecule has 1 unspecified atom stereocenters. The topological polar surface area (TPSA) is 89.3 Å². The van der Waals surface area contributed by atoms with Crippen molar-refractivity contribution in [2.45, 2.75) is 13.0 Å². The second-order valence-electron chi connectivity index (χ2n) is 6.48. The van der Waals surface area contributed by atoms with Crippen LogP contribution in [0.3, 0.4) is 0 Å². The van der Waals surface area contributed by atoms with E-state index in [2.05, 4.69) is 0 Å². The minimum atomic E-state index is -0.885. The maximum absolute atomic E-state index is 12.3. The van der Waals surface area contributed by atoms with Crippen molar-refractivity contribution >= 4 is 29.4 Å². The van der Waals surface area contributed by atoms with E-state index in [0.717, 1.165) is 0 Å². The number of nitrogens with zero attached hydrogens (tertiary/aromatic N) is 2. The van der Waals surface area contributed by atoms with Crippen LogP contribution in [0.5, 0.6) is 5.75 Å². The van der Waals surface area contributed by atoms with Crippen LogP contribution < -0.4 is 4.74 Å². The van der Waals surface area contributed by atoms with Gasteiger partial charge >= 0.3 is 5.97 Å². The summed E-state index contributed by atoms with van der Waals surface area (Å²) in [6.45, 7) is 2.64. The molecule has 2 aromatic rings. The van der Waals surface area contributed by atoms with Gasteiger partial charge in [0.05, 0.1) is 6.26 Å². The molecule has 1 aromatic carbocycles.